The molecule has 0 unspecified atom stereocenters. The molecule has 1 aromatic heterocycles. The maximum Gasteiger partial charge on any atom is 0.459 e. The highest BCUT2D eigenvalue weighted by Gasteiger charge is 2.64. The highest BCUT2D eigenvalue weighted by atomic mass is 19.4. The number of rotatable bonds is 3. The van der Waals surface area contributed by atoms with Gasteiger partial charge in [-0.15, -0.1) is 0 Å². The average Bonchev–Trinajstić information content (AvgIpc) is 3.10. The predicted molar refractivity (Wildman–Crippen MR) is 88.3 cm³/mol. The number of alkyl halides is 5. The molecule has 0 radical (unpaired) electrons. The molecule has 1 aromatic carbocycles. The number of hydrogen-bond acceptors (Lipinski definition) is 3. The van der Waals surface area contributed by atoms with Crippen LogP contribution in [-0.4, -0.2) is 33.5 Å². The summed E-state index contributed by atoms with van der Waals surface area (Å²) in [5.41, 5.74) is -1.68. The van der Waals surface area contributed by atoms with Crippen molar-refractivity contribution in [2.24, 2.45) is 12.1 Å². The van der Waals surface area contributed by atoms with Gasteiger partial charge < -0.3 is 0 Å². The number of aromatic nitrogens is 2. The Bertz CT molecular complexity index is 944. The van der Waals surface area contributed by atoms with Crippen LogP contribution in [0, 0.1) is 6.92 Å². The minimum atomic E-state index is -5.90. The molecule has 1 amide bonds. The Labute approximate surface area is 150 Å². The second-order valence-electron chi connectivity index (χ2n) is 5.84. The molecular formula is C17H13F5N4O. The fourth-order valence-electron chi connectivity index (χ4n) is 2.47. The van der Waals surface area contributed by atoms with Gasteiger partial charge in [-0.2, -0.15) is 37.2 Å². The van der Waals surface area contributed by atoms with Gasteiger partial charge in [0.1, 0.15) is 0 Å². The zero-order chi connectivity index (χ0) is 20.0. The minimum Gasteiger partial charge on any atom is -0.272 e. The fourth-order valence-corrected chi connectivity index (χ4v) is 2.47. The number of benzene rings is 1. The Kier molecular flexibility index (Phi) is 4.37. The van der Waals surface area contributed by atoms with E-state index in [0.29, 0.717) is 10.7 Å². The molecule has 0 N–H and O–H groups in total. The molecule has 2 aromatic rings. The van der Waals surface area contributed by atoms with Crippen molar-refractivity contribution in [3.63, 3.8) is 0 Å². The van der Waals surface area contributed by atoms with Gasteiger partial charge in [0.25, 0.3) is 5.91 Å². The predicted octanol–water partition coefficient (Wildman–Crippen LogP) is 3.71. The number of hydrogen-bond donors (Lipinski definition) is 0. The zero-order valence-electron chi connectivity index (χ0n) is 14.1. The molecule has 0 bridgehead atoms. The molecular weight excluding hydrogens is 371 g/mol. The van der Waals surface area contributed by atoms with Crippen LogP contribution in [0.1, 0.15) is 11.3 Å². The van der Waals surface area contributed by atoms with Crippen LogP contribution in [0.25, 0.3) is 6.08 Å². The molecule has 142 valence electrons. The third kappa shape index (κ3) is 3.11. The van der Waals surface area contributed by atoms with Crippen molar-refractivity contribution < 1.29 is 26.7 Å². The number of carbonyl (C=O) groups excluding carboxylic acids is 1. The first-order valence-corrected chi connectivity index (χ1v) is 7.68. The van der Waals surface area contributed by atoms with Gasteiger partial charge >= 0.3 is 12.1 Å². The van der Waals surface area contributed by atoms with Crippen LogP contribution in [0.4, 0.5) is 27.6 Å². The molecule has 1 aliphatic rings. The van der Waals surface area contributed by atoms with Crippen LogP contribution in [0.2, 0.25) is 0 Å². The molecule has 1 aliphatic heterocycles. The van der Waals surface area contributed by atoms with Gasteiger partial charge in [0.15, 0.2) is 5.71 Å². The number of anilines is 1. The smallest absolute Gasteiger partial charge is 0.272 e. The number of amides is 1. The van der Waals surface area contributed by atoms with Crippen LogP contribution < -0.4 is 5.01 Å². The molecule has 0 spiro atoms. The summed E-state index contributed by atoms with van der Waals surface area (Å²) < 4.78 is 68.3. The van der Waals surface area contributed by atoms with Crippen LogP contribution >= 0.6 is 0 Å². The van der Waals surface area contributed by atoms with Gasteiger partial charge in [-0.1, -0.05) is 18.2 Å². The molecule has 0 atom stereocenters. The summed E-state index contributed by atoms with van der Waals surface area (Å²) in [4.78, 5) is 12.6. The number of aryl methyl sites for hydroxylation is 1. The minimum absolute atomic E-state index is 0.0734. The van der Waals surface area contributed by atoms with E-state index in [1.807, 2.05) is 0 Å². The van der Waals surface area contributed by atoms with E-state index < -0.39 is 29.3 Å². The lowest BCUT2D eigenvalue weighted by molar-refractivity contribution is -0.248. The van der Waals surface area contributed by atoms with Gasteiger partial charge in [-0.3, -0.25) is 9.48 Å². The molecule has 10 heteroatoms. The zero-order valence-corrected chi connectivity index (χ0v) is 14.1. The molecule has 0 aliphatic carbocycles. The summed E-state index contributed by atoms with van der Waals surface area (Å²) in [6.07, 6.45) is -3.68. The summed E-state index contributed by atoms with van der Waals surface area (Å²) in [5.74, 6) is -6.38. The number of carbonyl (C=O) groups is 1. The molecule has 5 nitrogen and oxygen atoms in total. The fraction of sp³-hybridized carbons (Fsp3) is 0.235. The summed E-state index contributed by atoms with van der Waals surface area (Å²) >= 11 is 0. The number of para-hydroxylation sites is 1. The maximum absolute atomic E-state index is 14.1. The first-order chi connectivity index (χ1) is 12.5. The SMILES string of the molecule is Cc1c(/C=C2/C(=O)N(c3ccccc3)N=C2C(F)(F)C(F)(F)F)cnn1C. The normalized spacial score (nSPS) is 17.0. The van der Waals surface area contributed by atoms with Crippen molar-refractivity contribution in [1.29, 1.82) is 0 Å². The van der Waals surface area contributed by atoms with Crippen molar-refractivity contribution >= 4 is 23.4 Å². The molecule has 3 rings (SSSR count). The summed E-state index contributed by atoms with van der Waals surface area (Å²) in [6, 6.07) is 7.38. The number of halogens is 5. The molecule has 0 saturated heterocycles. The van der Waals surface area contributed by atoms with E-state index in [1.54, 1.807) is 20.0 Å². The molecule has 2 heterocycles. The van der Waals surface area contributed by atoms with E-state index in [4.69, 9.17) is 0 Å². The molecule has 0 fully saturated rings. The highest BCUT2D eigenvalue weighted by molar-refractivity contribution is 6.34. The maximum atomic E-state index is 14.1. The Morgan fingerprint density at radius 3 is 2.22 bits per heavy atom. The van der Waals surface area contributed by atoms with Crippen molar-refractivity contribution in [2.45, 2.75) is 19.0 Å². The van der Waals surface area contributed by atoms with E-state index in [9.17, 15) is 26.7 Å². The second-order valence-corrected chi connectivity index (χ2v) is 5.84. The quantitative estimate of drug-likeness (QED) is 0.598. The first kappa shape index (κ1) is 18.7. The van der Waals surface area contributed by atoms with E-state index >= 15 is 0 Å². The lowest BCUT2D eigenvalue weighted by atomic mass is 10.0. The van der Waals surface area contributed by atoms with Crippen molar-refractivity contribution in [3.05, 3.63) is 53.4 Å². The van der Waals surface area contributed by atoms with Gasteiger partial charge in [-0.25, -0.2) is 0 Å². The van der Waals surface area contributed by atoms with E-state index in [0.717, 1.165) is 6.08 Å². The lowest BCUT2D eigenvalue weighted by Crippen LogP contribution is -2.44. The number of nitrogens with zero attached hydrogens (tertiary/aromatic N) is 4. The lowest BCUT2D eigenvalue weighted by Gasteiger charge is -2.19. The summed E-state index contributed by atoms with van der Waals surface area (Å²) in [5, 5.41) is 7.75. The van der Waals surface area contributed by atoms with Crippen LogP contribution in [0.15, 0.2) is 47.2 Å². The number of hydrazone groups is 1. The standard InChI is InChI=1S/C17H13F5N4O/c1-10-11(9-23-25(10)2)8-13-14(16(18,19)17(20,21)22)24-26(15(13)27)12-6-4-3-5-7-12/h3-9H,1-2H3/b13-8+. The van der Waals surface area contributed by atoms with Gasteiger partial charge in [-0.05, 0) is 25.1 Å². The van der Waals surface area contributed by atoms with Gasteiger partial charge in [0.05, 0.1) is 17.5 Å². The largest absolute Gasteiger partial charge is 0.459 e. The third-order valence-corrected chi connectivity index (χ3v) is 4.11. The Morgan fingerprint density at radius 1 is 1.07 bits per heavy atom. The van der Waals surface area contributed by atoms with Crippen LogP contribution in [0.5, 0.6) is 0 Å². The third-order valence-electron chi connectivity index (χ3n) is 4.11. The van der Waals surface area contributed by atoms with E-state index in [-0.39, 0.29) is 11.3 Å². The topological polar surface area (TPSA) is 50.5 Å². The summed E-state index contributed by atoms with van der Waals surface area (Å²) in [6.45, 7) is 1.59. The van der Waals surface area contributed by atoms with Crippen molar-refractivity contribution in [2.75, 3.05) is 5.01 Å². The van der Waals surface area contributed by atoms with E-state index in [1.165, 1.54) is 35.1 Å². The Balaban J connectivity index is 2.17. The molecule has 0 saturated carbocycles. The van der Waals surface area contributed by atoms with Crippen molar-refractivity contribution in [3.8, 4) is 0 Å². The van der Waals surface area contributed by atoms with Crippen LogP contribution in [-0.2, 0) is 11.8 Å². The second kappa shape index (κ2) is 6.29. The van der Waals surface area contributed by atoms with Gasteiger partial charge in [0.2, 0.25) is 0 Å². The summed E-state index contributed by atoms with van der Waals surface area (Å²) in [7, 11) is 1.57. The Hall–Kier alpha value is -3.04. The van der Waals surface area contributed by atoms with Crippen molar-refractivity contribution in [1.82, 2.24) is 9.78 Å². The highest BCUT2D eigenvalue weighted by Crippen LogP contribution is 2.41. The van der Waals surface area contributed by atoms with Gasteiger partial charge in [0, 0.05) is 18.3 Å². The monoisotopic (exact) mass is 384 g/mol. The van der Waals surface area contributed by atoms with Crippen LogP contribution in [0.3, 0.4) is 0 Å². The van der Waals surface area contributed by atoms with E-state index in [2.05, 4.69) is 10.2 Å². The Morgan fingerprint density at radius 2 is 1.70 bits per heavy atom. The average molecular weight is 384 g/mol. The first-order valence-electron chi connectivity index (χ1n) is 7.68. The molecule has 27 heavy (non-hydrogen) atoms.